The van der Waals surface area contributed by atoms with Gasteiger partial charge < -0.3 is 12.4 Å². The summed E-state index contributed by atoms with van der Waals surface area (Å²) < 4.78 is 0. The molecule has 0 amide bonds. The summed E-state index contributed by atoms with van der Waals surface area (Å²) >= 11 is 0. The minimum atomic E-state index is 0. The van der Waals surface area contributed by atoms with Gasteiger partial charge in [0.25, 0.3) is 0 Å². The first-order chi connectivity index (χ1) is 1.41. The molecule has 0 aromatic carbocycles. The molecular formula is C2H10BKO2. The molecule has 0 saturated carbocycles. The number of rotatable bonds is 0. The van der Waals surface area contributed by atoms with Gasteiger partial charge in [-0.1, -0.05) is 13.2 Å². The van der Waals surface area contributed by atoms with E-state index in [1.807, 2.05) is 6.92 Å². The molecule has 0 fully saturated rings. The Hall–Kier alpha value is 1.62. The van der Waals surface area contributed by atoms with Gasteiger partial charge in [-0.3, -0.25) is 0 Å². The van der Waals surface area contributed by atoms with Crippen molar-refractivity contribution < 1.29 is 63.8 Å². The zero-order chi connectivity index (χ0) is 2.71. The average molecular weight is 116 g/mol. The minimum Gasteiger partial charge on any atom is -1.00 e. The van der Waals surface area contributed by atoms with Crippen LogP contribution >= 0.6 is 0 Å². The summed E-state index contributed by atoms with van der Waals surface area (Å²) in [5, 5.41) is 0. The van der Waals surface area contributed by atoms with Gasteiger partial charge in [-0.2, -0.15) is 0 Å². The monoisotopic (exact) mass is 116 g/mol. The topological polar surface area (TPSA) is 63.0 Å². The number of hydrogen-bond donors (Lipinski definition) is 0. The van der Waals surface area contributed by atoms with Gasteiger partial charge in [0.1, 0.15) is 0 Å². The third kappa shape index (κ3) is 45.7. The Morgan fingerprint density at radius 1 is 1.50 bits per heavy atom. The first kappa shape index (κ1) is 25.5. The van der Waals surface area contributed by atoms with Crippen LogP contribution < -0.4 is 51.4 Å². The molecule has 0 aliphatic rings. The van der Waals surface area contributed by atoms with Crippen molar-refractivity contribution in [3.8, 4) is 0 Å². The Morgan fingerprint density at radius 3 is 1.50 bits per heavy atom. The van der Waals surface area contributed by atoms with Crippen LogP contribution in [0, 0.1) is 0 Å². The van der Waals surface area contributed by atoms with Crippen LogP contribution in [0.5, 0.6) is 0 Å². The van der Waals surface area contributed by atoms with E-state index in [2.05, 4.69) is 0 Å². The Bertz CT molecular complexity index is 15.7. The predicted octanol–water partition coefficient (Wildman–Crippen LogP) is -3.94. The van der Waals surface area contributed by atoms with E-state index < -0.39 is 0 Å². The summed E-state index contributed by atoms with van der Waals surface area (Å²) in [6.45, 7) is 1.90. The van der Waals surface area contributed by atoms with Crippen molar-refractivity contribution in [3.05, 3.63) is 0 Å². The summed E-state index contributed by atoms with van der Waals surface area (Å²) in [7, 11) is 4.85. The molecule has 0 unspecified atom stereocenters. The van der Waals surface area contributed by atoms with Crippen LogP contribution in [0.4, 0.5) is 0 Å². The average Bonchev–Trinajstić information content (AvgIpc) is 0.918. The van der Waals surface area contributed by atoms with Crippen LogP contribution in [0.3, 0.4) is 0 Å². The molecule has 0 atom stereocenters. The fourth-order valence-electron chi connectivity index (χ4n) is 0. The largest absolute Gasteiger partial charge is 1.00 e. The number of hydrogen-bond acceptors (Lipinski definition) is 0. The van der Waals surface area contributed by atoms with Gasteiger partial charge in [0, 0.05) is 0 Å². The SMILES string of the molecule is O.O.[B]CC.[H-].[K+]. The van der Waals surface area contributed by atoms with Crippen molar-refractivity contribution >= 4 is 7.85 Å². The van der Waals surface area contributed by atoms with Crippen LogP contribution in [0.1, 0.15) is 8.35 Å². The van der Waals surface area contributed by atoms with Crippen molar-refractivity contribution in [2.24, 2.45) is 0 Å². The quantitative estimate of drug-likeness (QED) is 0.290. The standard InChI is InChI=1S/C2H5B.K.2H2O.H/c1-2-3;;;;/h2H2,1H3;;2*1H2;/q;+1;;;-1. The van der Waals surface area contributed by atoms with E-state index in [-0.39, 0.29) is 63.8 Å². The van der Waals surface area contributed by atoms with Gasteiger partial charge in [-0.15, -0.1) is 0 Å². The van der Waals surface area contributed by atoms with Crippen molar-refractivity contribution in [1.29, 1.82) is 0 Å². The maximum Gasteiger partial charge on any atom is 1.00 e. The van der Waals surface area contributed by atoms with Crippen LogP contribution in [-0.2, 0) is 0 Å². The Kier molecular flexibility index (Phi) is 129. The second kappa shape index (κ2) is 30.4. The smallest absolute Gasteiger partial charge is 1.00 e. The molecule has 0 heterocycles. The molecule has 0 saturated heterocycles. The van der Waals surface area contributed by atoms with E-state index in [1.165, 1.54) is 0 Å². The molecule has 0 aliphatic carbocycles. The minimum absolute atomic E-state index is 0. The van der Waals surface area contributed by atoms with Crippen LogP contribution in [0.25, 0.3) is 0 Å². The summed E-state index contributed by atoms with van der Waals surface area (Å²) in [6, 6.07) is 0. The van der Waals surface area contributed by atoms with E-state index in [9.17, 15) is 0 Å². The zero-order valence-electron chi connectivity index (χ0n) is 5.28. The van der Waals surface area contributed by atoms with Crippen LogP contribution in [0.2, 0.25) is 6.32 Å². The van der Waals surface area contributed by atoms with Crippen molar-refractivity contribution in [2.45, 2.75) is 13.2 Å². The van der Waals surface area contributed by atoms with Gasteiger partial charge in [-0.05, 0) is 0 Å². The molecule has 0 aliphatic heterocycles. The molecule has 0 bridgehead atoms. The third-order valence-electron chi connectivity index (χ3n) is 0. The maximum atomic E-state index is 4.85. The molecule has 2 radical (unpaired) electrons. The maximum absolute atomic E-state index is 4.85. The van der Waals surface area contributed by atoms with E-state index in [4.69, 9.17) is 7.85 Å². The first-order valence-electron chi connectivity index (χ1n) is 1.12. The normalized spacial score (nSPS) is 2.83. The Morgan fingerprint density at radius 2 is 1.50 bits per heavy atom. The molecular weight excluding hydrogens is 106 g/mol. The molecule has 4 N–H and O–H groups in total. The van der Waals surface area contributed by atoms with Gasteiger partial charge >= 0.3 is 51.4 Å². The summed E-state index contributed by atoms with van der Waals surface area (Å²) in [5.41, 5.74) is 0. The predicted molar refractivity (Wildman–Crippen MR) is 24.6 cm³/mol. The summed E-state index contributed by atoms with van der Waals surface area (Å²) in [5.74, 6) is 0. The van der Waals surface area contributed by atoms with E-state index >= 15 is 0 Å². The Labute approximate surface area is 83.6 Å². The fraction of sp³-hybridized carbons (Fsp3) is 1.00. The van der Waals surface area contributed by atoms with E-state index in [1.54, 1.807) is 0 Å². The van der Waals surface area contributed by atoms with Gasteiger partial charge in [0.15, 0.2) is 0 Å². The molecule has 0 aromatic heterocycles. The van der Waals surface area contributed by atoms with Gasteiger partial charge in [-0.25, -0.2) is 0 Å². The first-order valence-corrected chi connectivity index (χ1v) is 1.12. The summed E-state index contributed by atoms with van der Waals surface area (Å²) in [4.78, 5) is 0. The van der Waals surface area contributed by atoms with Crippen molar-refractivity contribution in [3.63, 3.8) is 0 Å². The molecule has 4 heteroatoms. The third-order valence-corrected chi connectivity index (χ3v) is 0. The van der Waals surface area contributed by atoms with Gasteiger partial charge in [0.2, 0.25) is 0 Å². The molecule has 0 rings (SSSR count). The van der Waals surface area contributed by atoms with Crippen LogP contribution in [-0.4, -0.2) is 18.8 Å². The molecule has 2 nitrogen and oxygen atoms in total. The van der Waals surface area contributed by atoms with Crippen LogP contribution in [0.15, 0.2) is 0 Å². The molecule has 34 valence electrons. The second-order valence-electron chi connectivity index (χ2n) is 0.408. The van der Waals surface area contributed by atoms with E-state index in [0.29, 0.717) is 0 Å². The molecule has 6 heavy (non-hydrogen) atoms. The second-order valence-corrected chi connectivity index (χ2v) is 0.408. The van der Waals surface area contributed by atoms with Gasteiger partial charge in [0.05, 0.1) is 7.85 Å². The van der Waals surface area contributed by atoms with E-state index in [0.717, 1.165) is 6.32 Å². The summed E-state index contributed by atoms with van der Waals surface area (Å²) in [6.07, 6.45) is 0.750. The van der Waals surface area contributed by atoms with Crippen molar-refractivity contribution in [1.82, 2.24) is 0 Å². The van der Waals surface area contributed by atoms with Crippen molar-refractivity contribution in [2.75, 3.05) is 0 Å². The molecule has 0 spiro atoms. The Balaban J connectivity index is -0.00000000333. The molecule has 0 aromatic rings. The fourth-order valence-corrected chi connectivity index (χ4v) is 0. The zero-order valence-corrected chi connectivity index (χ0v) is 7.41.